The van der Waals surface area contributed by atoms with Gasteiger partial charge in [-0.05, 0) is 41.5 Å². The lowest BCUT2D eigenvalue weighted by Gasteiger charge is -2.03. The van der Waals surface area contributed by atoms with Gasteiger partial charge in [0, 0.05) is 22.1 Å². The number of nitrogens with two attached hydrogens (primary N) is 2. The predicted molar refractivity (Wildman–Crippen MR) is 106 cm³/mol. The number of nitrogen functional groups attached to an aromatic ring is 2. The molecule has 0 bridgehead atoms. The quantitative estimate of drug-likeness (QED) is 0.384. The molecular formula is C21H18ClFN2. The summed E-state index contributed by atoms with van der Waals surface area (Å²) in [7, 11) is 0. The van der Waals surface area contributed by atoms with Crippen LogP contribution in [0.3, 0.4) is 0 Å². The molecule has 0 saturated carbocycles. The van der Waals surface area contributed by atoms with Crippen LogP contribution < -0.4 is 11.5 Å². The third-order valence-corrected chi connectivity index (χ3v) is 4.40. The third-order valence-electron chi connectivity index (χ3n) is 4.11. The van der Waals surface area contributed by atoms with Crippen LogP contribution in [0.4, 0.5) is 15.8 Å². The Balaban J connectivity index is 0.000000146. The molecule has 0 aliphatic rings. The van der Waals surface area contributed by atoms with Crippen LogP contribution in [0.25, 0.3) is 21.5 Å². The smallest absolute Gasteiger partial charge is 0.151 e. The van der Waals surface area contributed by atoms with Crippen LogP contribution in [-0.2, 0) is 0 Å². The van der Waals surface area contributed by atoms with E-state index in [4.69, 9.17) is 23.1 Å². The molecule has 2 nitrogen and oxygen atoms in total. The summed E-state index contributed by atoms with van der Waals surface area (Å²) in [5.41, 5.74) is 14.0. The maximum absolute atomic E-state index is 13.4. The van der Waals surface area contributed by atoms with Gasteiger partial charge in [0.2, 0.25) is 0 Å². The van der Waals surface area contributed by atoms with Crippen LogP contribution in [0.2, 0.25) is 5.02 Å². The van der Waals surface area contributed by atoms with Gasteiger partial charge in [0.1, 0.15) is 0 Å². The van der Waals surface area contributed by atoms with E-state index >= 15 is 0 Å². The summed E-state index contributed by atoms with van der Waals surface area (Å²) in [5, 5.41) is 3.66. The van der Waals surface area contributed by atoms with E-state index < -0.39 is 5.82 Å². The van der Waals surface area contributed by atoms with Gasteiger partial charge < -0.3 is 11.5 Å². The van der Waals surface area contributed by atoms with E-state index in [2.05, 4.69) is 31.2 Å². The fraction of sp³-hybridized carbons (Fsp3) is 0.0476. The molecule has 4 heteroatoms. The highest BCUT2D eigenvalue weighted by molar-refractivity contribution is 6.31. The first kappa shape index (κ1) is 17.1. The lowest BCUT2D eigenvalue weighted by molar-refractivity contribution is 0.640. The topological polar surface area (TPSA) is 52.0 Å². The average molecular weight is 353 g/mol. The van der Waals surface area contributed by atoms with Crippen molar-refractivity contribution >= 4 is 44.5 Å². The molecule has 0 fully saturated rings. The largest absolute Gasteiger partial charge is 0.398 e. The molecule has 25 heavy (non-hydrogen) atoms. The highest BCUT2D eigenvalue weighted by Gasteiger charge is 2.07. The van der Waals surface area contributed by atoms with Crippen LogP contribution in [0.15, 0.2) is 66.7 Å². The Bertz CT molecular complexity index is 1020. The van der Waals surface area contributed by atoms with E-state index in [1.807, 2.05) is 12.1 Å². The Labute approximate surface area is 150 Å². The average Bonchev–Trinajstić information content (AvgIpc) is 2.59. The molecule has 4 rings (SSSR count). The van der Waals surface area contributed by atoms with Gasteiger partial charge in [0.05, 0.1) is 5.02 Å². The molecule has 0 aromatic heterocycles. The number of halogens is 2. The first-order valence-electron chi connectivity index (χ1n) is 7.85. The lowest BCUT2D eigenvalue weighted by Crippen LogP contribution is -1.89. The molecular weight excluding hydrogens is 335 g/mol. The summed E-state index contributed by atoms with van der Waals surface area (Å²) in [6.07, 6.45) is 0. The molecule has 0 aliphatic heterocycles. The van der Waals surface area contributed by atoms with Gasteiger partial charge in [-0.2, -0.15) is 0 Å². The van der Waals surface area contributed by atoms with E-state index in [0.29, 0.717) is 11.1 Å². The molecule has 126 valence electrons. The molecule has 4 aromatic rings. The minimum atomic E-state index is -0.447. The summed E-state index contributed by atoms with van der Waals surface area (Å²) in [5.74, 6) is -0.447. The summed E-state index contributed by atoms with van der Waals surface area (Å²) in [6, 6.07) is 20.7. The molecule has 4 aromatic carbocycles. The molecule has 0 atom stereocenters. The first-order chi connectivity index (χ1) is 12.0. The molecule has 0 radical (unpaired) electrons. The van der Waals surface area contributed by atoms with Gasteiger partial charge >= 0.3 is 0 Å². The Morgan fingerprint density at radius 1 is 0.720 bits per heavy atom. The van der Waals surface area contributed by atoms with Crippen LogP contribution >= 0.6 is 11.6 Å². The molecule has 0 heterocycles. The second-order valence-corrected chi connectivity index (χ2v) is 6.23. The number of aryl methyl sites for hydroxylation is 1. The minimum absolute atomic E-state index is 0.102. The Morgan fingerprint density at radius 2 is 1.24 bits per heavy atom. The van der Waals surface area contributed by atoms with Gasteiger partial charge in [0.15, 0.2) is 5.82 Å². The molecule has 0 aliphatic carbocycles. The van der Waals surface area contributed by atoms with E-state index in [9.17, 15) is 4.39 Å². The van der Waals surface area contributed by atoms with E-state index in [1.54, 1.807) is 24.3 Å². The van der Waals surface area contributed by atoms with E-state index in [0.717, 1.165) is 11.1 Å². The van der Waals surface area contributed by atoms with Crippen molar-refractivity contribution in [1.29, 1.82) is 0 Å². The standard InChI is InChI=1S/C11H11N.C10H7ClFN/c1-8-4-2-5-9-6-3-7-10(12)11(8)9;11-7-5-4-6-2-1-3-8(13)9(6)10(7)12/h2-7H,12H2,1H3;1-5H,13H2. The number of fused-ring (bicyclic) bond motifs is 2. The Morgan fingerprint density at radius 3 is 1.84 bits per heavy atom. The number of rotatable bonds is 0. The summed E-state index contributed by atoms with van der Waals surface area (Å²) >= 11 is 5.63. The van der Waals surface area contributed by atoms with Crippen molar-refractivity contribution in [3.63, 3.8) is 0 Å². The second kappa shape index (κ2) is 6.99. The van der Waals surface area contributed by atoms with Crippen molar-refractivity contribution in [3.05, 3.63) is 83.1 Å². The lowest BCUT2D eigenvalue weighted by atomic mass is 10.0. The first-order valence-corrected chi connectivity index (χ1v) is 8.23. The molecule has 0 saturated heterocycles. The fourth-order valence-electron chi connectivity index (χ4n) is 2.90. The van der Waals surface area contributed by atoms with Crippen molar-refractivity contribution in [3.8, 4) is 0 Å². The number of hydrogen-bond acceptors (Lipinski definition) is 2. The Kier molecular flexibility index (Phi) is 4.77. The SMILES string of the molecule is Cc1cccc2cccc(N)c12.Nc1cccc2ccc(Cl)c(F)c12. The van der Waals surface area contributed by atoms with Crippen LogP contribution in [-0.4, -0.2) is 0 Å². The van der Waals surface area contributed by atoms with Gasteiger partial charge in [-0.1, -0.05) is 60.1 Å². The normalized spacial score (nSPS) is 10.5. The third kappa shape index (κ3) is 3.37. The summed E-state index contributed by atoms with van der Waals surface area (Å²) in [4.78, 5) is 0. The van der Waals surface area contributed by atoms with E-state index in [1.165, 1.54) is 22.4 Å². The number of hydrogen-bond donors (Lipinski definition) is 2. The van der Waals surface area contributed by atoms with Gasteiger partial charge in [0.25, 0.3) is 0 Å². The fourth-order valence-corrected chi connectivity index (χ4v) is 3.06. The zero-order chi connectivity index (χ0) is 18.0. The van der Waals surface area contributed by atoms with Crippen molar-refractivity contribution in [1.82, 2.24) is 0 Å². The van der Waals surface area contributed by atoms with Crippen molar-refractivity contribution in [2.24, 2.45) is 0 Å². The van der Waals surface area contributed by atoms with Gasteiger partial charge in [-0.15, -0.1) is 0 Å². The highest BCUT2D eigenvalue weighted by atomic mass is 35.5. The van der Waals surface area contributed by atoms with Gasteiger partial charge in [-0.25, -0.2) is 4.39 Å². The summed E-state index contributed by atoms with van der Waals surface area (Å²) in [6.45, 7) is 2.08. The monoisotopic (exact) mass is 352 g/mol. The number of benzene rings is 4. The minimum Gasteiger partial charge on any atom is -0.398 e. The van der Waals surface area contributed by atoms with Crippen LogP contribution in [0, 0.1) is 12.7 Å². The number of anilines is 2. The van der Waals surface area contributed by atoms with Crippen molar-refractivity contribution in [2.75, 3.05) is 11.5 Å². The second-order valence-electron chi connectivity index (χ2n) is 5.83. The predicted octanol–water partition coefficient (Wildman–Crippen LogP) is 5.94. The maximum atomic E-state index is 13.4. The van der Waals surface area contributed by atoms with Crippen molar-refractivity contribution in [2.45, 2.75) is 6.92 Å². The molecule has 0 amide bonds. The van der Waals surface area contributed by atoms with Gasteiger partial charge in [-0.3, -0.25) is 0 Å². The molecule has 4 N–H and O–H groups in total. The van der Waals surface area contributed by atoms with E-state index in [-0.39, 0.29) is 5.02 Å². The zero-order valence-electron chi connectivity index (χ0n) is 13.8. The maximum Gasteiger partial charge on any atom is 0.151 e. The summed E-state index contributed by atoms with van der Waals surface area (Å²) < 4.78 is 13.4. The molecule has 0 unspecified atom stereocenters. The van der Waals surface area contributed by atoms with Crippen molar-refractivity contribution < 1.29 is 4.39 Å². The highest BCUT2D eigenvalue weighted by Crippen LogP contribution is 2.28. The Hall–Kier alpha value is -2.78. The van der Waals surface area contributed by atoms with Crippen LogP contribution in [0.1, 0.15) is 5.56 Å². The van der Waals surface area contributed by atoms with Crippen LogP contribution in [0.5, 0.6) is 0 Å². The zero-order valence-corrected chi connectivity index (χ0v) is 14.5. The molecule has 0 spiro atoms.